The van der Waals surface area contributed by atoms with Crippen molar-refractivity contribution < 1.29 is 9.53 Å². The van der Waals surface area contributed by atoms with E-state index in [1.807, 2.05) is 45.9 Å². The summed E-state index contributed by atoms with van der Waals surface area (Å²) < 4.78 is 5.39. The highest BCUT2D eigenvalue weighted by atomic mass is 35.5. The first-order chi connectivity index (χ1) is 8.45. The molecule has 0 aliphatic rings. The van der Waals surface area contributed by atoms with Crippen LogP contribution in [-0.4, -0.2) is 18.6 Å². The van der Waals surface area contributed by atoms with Crippen LogP contribution in [0.15, 0.2) is 18.2 Å². The van der Waals surface area contributed by atoms with E-state index in [0.29, 0.717) is 6.61 Å². The molecule has 0 bridgehead atoms. The smallest absolute Gasteiger partial charge is 0.241 e. The highest BCUT2D eigenvalue weighted by Gasteiger charge is 2.17. The Morgan fingerprint density at radius 1 is 1.42 bits per heavy atom. The van der Waals surface area contributed by atoms with E-state index in [1.165, 1.54) is 0 Å². The van der Waals surface area contributed by atoms with Gasteiger partial charge >= 0.3 is 0 Å². The highest BCUT2D eigenvalue weighted by Crippen LogP contribution is 2.21. The SMILES string of the molecule is CCOc1ccc(NC(=O)C(N)C(C)C)c(C)c1.Cl. The van der Waals surface area contributed by atoms with E-state index in [2.05, 4.69) is 5.32 Å². The van der Waals surface area contributed by atoms with Gasteiger partial charge in [-0.3, -0.25) is 4.79 Å². The molecule has 1 aromatic carbocycles. The third-order valence-corrected chi connectivity index (χ3v) is 2.79. The Hall–Kier alpha value is -1.26. The Balaban J connectivity index is 0.00000324. The Morgan fingerprint density at radius 2 is 2.05 bits per heavy atom. The van der Waals surface area contributed by atoms with Crippen LogP contribution >= 0.6 is 12.4 Å². The molecule has 1 atom stereocenters. The number of amides is 1. The fourth-order valence-corrected chi connectivity index (χ4v) is 1.55. The molecule has 19 heavy (non-hydrogen) atoms. The summed E-state index contributed by atoms with van der Waals surface area (Å²) in [5.74, 6) is 0.770. The monoisotopic (exact) mass is 286 g/mol. The fourth-order valence-electron chi connectivity index (χ4n) is 1.55. The number of carbonyl (C=O) groups excluding carboxylic acids is 1. The Morgan fingerprint density at radius 3 is 2.53 bits per heavy atom. The maximum absolute atomic E-state index is 11.8. The summed E-state index contributed by atoms with van der Waals surface area (Å²) >= 11 is 0. The number of nitrogens with two attached hydrogens (primary N) is 1. The minimum Gasteiger partial charge on any atom is -0.494 e. The van der Waals surface area contributed by atoms with Gasteiger partial charge in [0.05, 0.1) is 12.6 Å². The van der Waals surface area contributed by atoms with Crippen LogP contribution in [0.4, 0.5) is 5.69 Å². The Labute approximate surface area is 121 Å². The van der Waals surface area contributed by atoms with E-state index >= 15 is 0 Å². The molecule has 0 radical (unpaired) electrons. The van der Waals surface area contributed by atoms with Gasteiger partial charge in [-0.15, -0.1) is 12.4 Å². The molecule has 0 fully saturated rings. The van der Waals surface area contributed by atoms with Crippen molar-refractivity contribution in [3.8, 4) is 5.75 Å². The molecule has 0 aromatic heterocycles. The molecule has 108 valence electrons. The molecule has 0 saturated heterocycles. The van der Waals surface area contributed by atoms with Crippen molar-refractivity contribution in [3.63, 3.8) is 0 Å². The van der Waals surface area contributed by atoms with E-state index in [9.17, 15) is 4.79 Å². The lowest BCUT2D eigenvalue weighted by Gasteiger charge is -2.16. The zero-order chi connectivity index (χ0) is 13.7. The van der Waals surface area contributed by atoms with Gasteiger partial charge in [0.1, 0.15) is 5.75 Å². The summed E-state index contributed by atoms with van der Waals surface area (Å²) in [4.78, 5) is 11.8. The van der Waals surface area contributed by atoms with Gasteiger partial charge in [-0.25, -0.2) is 0 Å². The second-order valence-electron chi connectivity index (χ2n) is 4.67. The summed E-state index contributed by atoms with van der Waals surface area (Å²) in [6, 6.07) is 5.09. The lowest BCUT2D eigenvalue weighted by molar-refractivity contribution is -0.118. The van der Waals surface area contributed by atoms with Crippen LogP contribution in [-0.2, 0) is 4.79 Å². The van der Waals surface area contributed by atoms with E-state index in [-0.39, 0.29) is 24.2 Å². The Bertz CT molecular complexity index is 422. The number of halogens is 1. The van der Waals surface area contributed by atoms with E-state index in [1.54, 1.807) is 0 Å². The number of hydrogen-bond donors (Lipinski definition) is 2. The number of carbonyl (C=O) groups is 1. The first kappa shape index (κ1) is 17.7. The second-order valence-corrected chi connectivity index (χ2v) is 4.67. The standard InChI is InChI=1S/C14H22N2O2.ClH/c1-5-18-11-6-7-12(10(4)8-11)16-14(17)13(15)9(2)3;/h6-9,13H,5,15H2,1-4H3,(H,16,17);1H. The average Bonchev–Trinajstić information content (AvgIpc) is 2.31. The molecule has 0 aliphatic carbocycles. The summed E-state index contributed by atoms with van der Waals surface area (Å²) in [5.41, 5.74) is 7.54. The number of hydrogen-bond acceptors (Lipinski definition) is 3. The number of aryl methyl sites for hydroxylation is 1. The molecule has 0 aliphatic heterocycles. The van der Waals surface area contributed by atoms with Crippen molar-refractivity contribution in [2.45, 2.75) is 33.7 Å². The van der Waals surface area contributed by atoms with E-state index < -0.39 is 6.04 Å². The molecule has 3 N–H and O–H groups in total. The minimum atomic E-state index is -0.490. The van der Waals surface area contributed by atoms with Crippen LogP contribution < -0.4 is 15.8 Å². The van der Waals surface area contributed by atoms with Crippen LogP contribution in [0.25, 0.3) is 0 Å². The predicted octanol–water partition coefficient (Wildman–Crippen LogP) is 2.74. The normalized spacial score (nSPS) is 11.7. The lowest BCUT2D eigenvalue weighted by Crippen LogP contribution is -2.39. The second kappa shape index (κ2) is 8.02. The molecule has 0 spiro atoms. The van der Waals surface area contributed by atoms with Gasteiger partial charge in [-0.05, 0) is 43.5 Å². The Kier molecular flexibility index (Phi) is 7.49. The van der Waals surface area contributed by atoms with Crippen molar-refractivity contribution >= 4 is 24.0 Å². The molecule has 0 saturated carbocycles. The third-order valence-electron chi connectivity index (χ3n) is 2.79. The zero-order valence-corrected chi connectivity index (χ0v) is 12.7. The van der Waals surface area contributed by atoms with Gasteiger partial charge in [0.2, 0.25) is 5.91 Å². The summed E-state index contributed by atoms with van der Waals surface area (Å²) in [6.45, 7) is 8.35. The lowest BCUT2D eigenvalue weighted by atomic mass is 10.0. The van der Waals surface area contributed by atoms with Crippen LogP contribution in [0.5, 0.6) is 5.75 Å². The van der Waals surface area contributed by atoms with Gasteiger partial charge in [-0.2, -0.15) is 0 Å². The van der Waals surface area contributed by atoms with Crippen LogP contribution in [0.1, 0.15) is 26.3 Å². The van der Waals surface area contributed by atoms with Gasteiger partial charge in [0.25, 0.3) is 0 Å². The van der Waals surface area contributed by atoms with Crippen molar-refractivity contribution in [1.82, 2.24) is 0 Å². The van der Waals surface area contributed by atoms with Crippen molar-refractivity contribution in [2.24, 2.45) is 11.7 Å². The van der Waals surface area contributed by atoms with Gasteiger partial charge in [0, 0.05) is 5.69 Å². The molecule has 1 amide bonds. The zero-order valence-electron chi connectivity index (χ0n) is 11.9. The molecule has 1 unspecified atom stereocenters. The first-order valence-corrected chi connectivity index (χ1v) is 6.25. The molecule has 4 nitrogen and oxygen atoms in total. The maximum Gasteiger partial charge on any atom is 0.241 e. The molecule has 1 rings (SSSR count). The van der Waals surface area contributed by atoms with Crippen molar-refractivity contribution in [2.75, 3.05) is 11.9 Å². The molecular formula is C14H23ClN2O2. The summed E-state index contributed by atoms with van der Waals surface area (Å²) in [7, 11) is 0. The maximum atomic E-state index is 11.8. The van der Waals surface area contributed by atoms with Crippen LogP contribution in [0.3, 0.4) is 0 Å². The molecular weight excluding hydrogens is 264 g/mol. The highest BCUT2D eigenvalue weighted by molar-refractivity contribution is 5.95. The summed E-state index contributed by atoms with van der Waals surface area (Å²) in [5, 5.41) is 2.84. The minimum absolute atomic E-state index is 0. The first-order valence-electron chi connectivity index (χ1n) is 6.25. The number of nitrogens with one attached hydrogen (secondary N) is 1. The van der Waals surface area contributed by atoms with Gasteiger partial charge < -0.3 is 15.8 Å². The van der Waals surface area contributed by atoms with Crippen molar-refractivity contribution in [3.05, 3.63) is 23.8 Å². The molecule has 0 heterocycles. The number of anilines is 1. The quantitative estimate of drug-likeness (QED) is 0.875. The van der Waals surface area contributed by atoms with E-state index in [4.69, 9.17) is 10.5 Å². The van der Waals surface area contributed by atoms with Gasteiger partial charge in [-0.1, -0.05) is 13.8 Å². The number of rotatable bonds is 5. The average molecular weight is 287 g/mol. The molecule has 1 aromatic rings. The topological polar surface area (TPSA) is 64.3 Å². The van der Waals surface area contributed by atoms with Crippen LogP contribution in [0, 0.1) is 12.8 Å². The van der Waals surface area contributed by atoms with E-state index in [0.717, 1.165) is 17.0 Å². The summed E-state index contributed by atoms with van der Waals surface area (Å²) in [6.07, 6.45) is 0. The fraction of sp³-hybridized carbons (Fsp3) is 0.500. The number of ether oxygens (including phenoxy) is 1. The van der Waals surface area contributed by atoms with Crippen LogP contribution in [0.2, 0.25) is 0 Å². The predicted molar refractivity (Wildman–Crippen MR) is 81.0 cm³/mol. The van der Waals surface area contributed by atoms with Gasteiger partial charge in [0.15, 0.2) is 0 Å². The number of benzene rings is 1. The third kappa shape index (κ3) is 5.09. The molecule has 5 heteroatoms. The van der Waals surface area contributed by atoms with Crippen molar-refractivity contribution in [1.29, 1.82) is 0 Å². The largest absolute Gasteiger partial charge is 0.494 e.